The van der Waals surface area contributed by atoms with E-state index in [1.54, 1.807) is 30.9 Å². The number of imidazole rings is 1. The molecule has 2 aromatic rings. The Balaban J connectivity index is 1.86. The number of carboxylic acids is 1. The number of carbonyl (C=O) groups is 2. The number of amidine groups is 1. The minimum Gasteiger partial charge on any atom is -0.480 e. The second-order valence-electron chi connectivity index (χ2n) is 8.58. The van der Waals surface area contributed by atoms with Gasteiger partial charge in [-0.05, 0) is 19.1 Å². The highest BCUT2D eigenvalue weighted by Gasteiger charge is 2.40. The molecule has 0 aliphatic carbocycles. The third-order valence-electron chi connectivity index (χ3n) is 6.10. The van der Waals surface area contributed by atoms with Crippen LogP contribution in [0, 0.1) is 5.82 Å². The monoisotopic (exact) mass is 553 g/mol. The molecule has 14 heteroatoms. The number of esters is 1. The molecule has 0 saturated carbocycles. The Labute approximate surface area is 217 Å². The van der Waals surface area contributed by atoms with Crippen molar-refractivity contribution < 1.29 is 32.2 Å². The van der Waals surface area contributed by atoms with Crippen LogP contribution in [-0.2, 0) is 31.2 Å². The van der Waals surface area contributed by atoms with Crippen molar-refractivity contribution in [3.05, 3.63) is 64.1 Å². The summed E-state index contributed by atoms with van der Waals surface area (Å²) in [5.41, 5.74) is 0.626. The lowest BCUT2D eigenvalue weighted by molar-refractivity contribution is -0.142. The fourth-order valence-electron chi connectivity index (χ4n) is 4.29. The highest BCUT2D eigenvalue weighted by Crippen LogP contribution is 2.37. The predicted octanol–water partition coefficient (Wildman–Crippen LogP) is 1.30. The maximum atomic E-state index is 13.9. The molecule has 198 valence electrons. The van der Waals surface area contributed by atoms with E-state index >= 15 is 0 Å². The quantitative estimate of drug-likeness (QED) is 0.485. The first-order valence-corrected chi connectivity index (χ1v) is 13.6. The van der Waals surface area contributed by atoms with E-state index in [4.69, 9.17) is 16.3 Å². The standard InChI is InChI=1S/C23H25ClFN5O6S/c1-3-36-23(33)18-16(11-30-8-9-37(34,35)12-17(30)22(31)32)27-20(21-26-6-7-29(21)2)28-19(18)14-5-4-13(25)10-15(14)24/h4-7,10,17,19H,3,8-9,11-12H2,1-2H3,(H,27,28)(H,31,32)/t17-,19-/m0/s1. The minimum absolute atomic E-state index is 0.0310. The second-order valence-corrected chi connectivity index (χ2v) is 11.2. The zero-order chi connectivity index (χ0) is 26.9. The van der Waals surface area contributed by atoms with Gasteiger partial charge in [0.1, 0.15) is 17.9 Å². The van der Waals surface area contributed by atoms with E-state index < -0.39 is 45.4 Å². The van der Waals surface area contributed by atoms with Crippen LogP contribution in [-0.4, -0.2) is 83.0 Å². The van der Waals surface area contributed by atoms with E-state index in [2.05, 4.69) is 15.3 Å². The molecule has 0 amide bonds. The molecule has 2 aliphatic rings. The maximum absolute atomic E-state index is 13.9. The van der Waals surface area contributed by atoms with E-state index in [1.165, 1.54) is 17.0 Å². The van der Waals surface area contributed by atoms with Gasteiger partial charge in [0, 0.05) is 48.8 Å². The van der Waals surface area contributed by atoms with Crippen molar-refractivity contribution in [2.24, 2.45) is 12.0 Å². The molecule has 1 aromatic carbocycles. The molecule has 0 spiro atoms. The van der Waals surface area contributed by atoms with Crippen molar-refractivity contribution in [3.63, 3.8) is 0 Å². The second kappa shape index (κ2) is 10.6. The van der Waals surface area contributed by atoms with Gasteiger partial charge in [-0.3, -0.25) is 14.7 Å². The Morgan fingerprint density at radius 1 is 1.35 bits per heavy atom. The molecule has 11 nitrogen and oxygen atoms in total. The summed E-state index contributed by atoms with van der Waals surface area (Å²) in [4.78, 5) is 35.6. The Bertz CT molecular complexity index is 1410. The SMILES string of the molecule is CCOC(=O)C1=C(CN2CCS(=O)(=O)C[C@H]2C(=O)O)NC(c2nccn2C)=N[C@H]1c1ccc(F)cc1Cl. The Morgan fingerprint density at radius 2 is 2.11 bits per heavy atom. The van der Waals surface area contributed by atoms with Crippen molar-refractivity contribution in [3.8, 4) is 0 Å². The number of halogens is 2. The number of sulfone groups is 1. The molecule has 2 atom stereocenters. The molecule has 2 aliphatic heterocycles. The van der Waals surface area contributed by atoms with Gasteiger partial charge in [-0.25, -0.2) is 22.6 Å². The van der Waals surface area contributed by atoms with Gasteiger partial charge in [-0.1, -0.05) is 17.7 Å². The van der Waals surface area contributed by atoms with Crippen molar-refractivity contribution in [2.45, 2.75) is 19.0 Å². The molecule has 3 heterocycles. The van der Waals surface area contributed by atoms with Crippen LogP contribution in [0.25, 0.3) is 0 Å². The largest absolute Gasteiger partial charge is 0.480 e. The number of aromatic nitrogens is 2. The van der Waals surface area contributed by atoms with Gasteiger partial charge in [-0.2, -0.15) is 0 Å². The summed E-state index contributed by atoms with van der Waals surface area (Å²) in [7, 11) is -1.80. The van der Waals surface area contributed by atoms with Crippen LogP contribution in [0.5, 0.6) is 0 Å². The number of nitrogens with one attached hydrogen (secondary N) is 1. The summed E-state index contributed by atoms with van der Waals surface area (Å²) in [5, 5.41) is 12.9. The van der Waals surface area contributed by atoms with Crippen molar-refractivity contribution in [1.29, 1.82) is 0 Å². The van der Waals surface area contributed by atoms with Crippen LogP contribution in [0.15, 0.2) is 46.9 Å². The van der Waals surface area contributed by atoms with Crippen molar-refractivity contribution >= 4 is 39.2 Å². The van der Waals surface area contributed by atoms with Gasteiger partial charge in [-0.15, -0.1) is 0 Å². The minimum atomic E-state index is -3.55. The third-order valence-corrected chi connectivity index (χ3v) is 8.06. The summed E-state index contributed by atoms with van der Waals surface area (Å²) in [5.74, 6) is -2.71. The number of rotatable bonds is 7. The van der Waals surface area contributed by atoms with Crippen LogP contribution in [0.3, 0.4) is 0 Å². The van der Waals surface area contributed by atoms with E-state index in [9.17, 15) is 27.5 Å². The zero-order valence-corrected chi connectivity index (χ0v) is 21.6. The average molecular weight is 554 g/mol. The van der Waals surface area contributed by atoms with Crippen LogP contribution in [0.1, 0.15) is 24.4 Å². The lowest BCUT2D eigenvalue weighted by Gasteiger charge is -2.35. The number of aliphatic imine (C=N–C) groups is 1. The number of aliphatic carboxylic acids is 1. The fourth-order valence-corrected chi connectivity index (χ4v) is 6.07. The molecule has 1 fully saturated rings. The fraction of sp³-hybridized carbons (Fsp3) is 0.391. The summed E-state index contributed by atoms with van der Waals surface area (Å²) in [6.45, 7) is 1.50. The maximum Gasteiger partial charge on any atom is 0.338 e. The van der Waals surface area contributed by atoms with Gasteiger partial charge >= 0.3 is 11.9 Å². The number of nitrogens with zero attached hydrogens (tertiary/aromatic N) is 4. The molecule has 1 aromatic heterocycles. The molecule has 0 radical (unpaired) electrons. The summed E-state index contributed by atoms with van der Waals surface area (Å²) in [6, 6.07) is 1.36. The highest BCUT2D eigenvalue weighted by atomic mass is 35.5. The number of benzene rings is 1. The lowest BCUT2D eigenvalue weighted by Crippen LogP contribution is -2.54. The molecular weight excluding hydrogens is 529 g/mol. The number of aryl methyl sites for hydroxylation is 1. The van der Waals surface area contributed by atoms with Crippen LogP contribution < -0.4 is 5.32 Å². The van der Waals surface area contributed by atoms with Gasteiger partial charge in [0.05, 0.1) is 23.7 Å². The number of carbonyl (C=O) groups excluding carboxylic acids is 1. The zero-order valence-electron chi connectivity index (χ0n) is 20.0. The van der Waals surface area contributed by atoms with Crippen LogP contribution in [0.2, 0.25) is 5.02 Å². The summed E-state index contributed by atoms with van der Waals surface area (Å²) < 4.78 is 45.1. The molecule has 4 rings (SSSR count). The number of carboxylic acid groups (broad SMARTS) is 1. The number of hydrogen-bond donors (Lipinski definition) is 2. The topological polar surface area (TPSA) is 143 Å². The first-order valence-electron chi connectivity index (χ1n) is 11.4. The van der Waals surface area contributed by atoms with E-state index in [-0.39, 0.29) is 47.6 Å². The third kappa shape index (κ3) is 5.68. The van der Waals surface area contributed by atoms with Crippen LogP contribution in [0.4, 0.5) is 4.39 Å². The highest BCUT2D eigenvalue weighted by molar-refractivity contribution is 7.91. The molecule has 0 bridgehead atoms. The number of hydrogen-bond acceptors (Lipinski definition) is 9. The van der Waals surface area contributed by atoms with E-state index in [0.29, 0.717) is 11.4 Å². The van der Waals surface area contributed by atoms with Crippen molar-refractivity contribution in [2.75, 3.05) is 31.2 Å². The van der Waals surface area contributed by atoms with Gasteiger partial charge in [0.2, 0.25) is 0 Å². The molecule has 0 unspecified atom stereocenters. The average Bonchev–Trinajstić information content (AvgIpc) is 3.25. The normalized spacial score (nSPS) is 21.8. The smallest absolute Gasteiger partial charge is 0.338 e. The Kier molecular flexibility index (Phi) is 7.67. The summed E-state index contributed by atoms with van der Waals surface area (Å²) >= 11 is 6.37. The Morgan fingerprint density at radius 3 is 2.73 bits per heavy atom. The van der Waals surface area contributed by atoms with Gasteiger partial charge < -0.3 is 19.7 Å². The first kappa shape index (κ1) is 26.8. The lowest BCUT2D eigenvalue weighted by atomic mass is 9.95. The molecule has 2 N–H and O–H groups in total. The molecule has 1 saturated heterocycles. The Hall–Kier alpha value is -3.29. The predicted molar refractivity (Wildman–Crippen MR) is 132 cm³/mol. The van der Waals surface area contributed by atoms with Gasteiger partial charge in [0.15, 0.2) is 21.5 Å². The molecular formula is C23H25ClFN5O6S. The molecule has 37 heavy (non-hydrogen) atoms. The number of ether oxygens (including phenoxy) is 1. The van der Waals surface area contributed by atoms with Crippen molar-refractivity contribution in [1.82, 2.24) is 19.8 Å². The first-order chi connectivity index (χ1) is 17.5. The summed E-state index contributed by atoms with van der Waals surface area (Å²) in [6.07, 6.45) is 3.25. The van der Waals surface area contributed by atoms with Crippen LogP contribution >= 0.6 is 11.6 Å². The van der Waals surface area contributed by atoms with E-state index in [0.717, 1.165) is 6.07 Å². The van der Waals surface area contributed by atoms with E-state index in [1.807, 2.05) is 0 Å². The van der Waals surface area contributed by atoms with Gasteiger partial charge in [0.25, 0.3) is 0 Å².